The zero-order valence-corrected chi connectivity index (χ0v) is 11.2. The van der Waals surface area contributed by atoms with Crippen LogP contribution in [0.15, 0.2) is 18.5 Å². The number of hydrogen-bond donors (Lipinski definition) is 1. The first-order valence-corrected chi connectivity index (χ1v) is 6.54. The Hall–Kier alpha value is -0.970. The average Bonchev–Trinajstić information content (AvgIpc) is 2.83. The molecule has 1 aromatic rings. The minimum absolute atomic E-state index is 0.189. The van der Waals surface area contributed by atoms with Gasteiger partial charge >= 0.3 is 0 Å². The van der Waals surface area contributed by atoms with E-state index in [2.05, 4.69) is 17.2 Å². The molecule has 4 nitrogen and oxygen atoms in total. The average molecular weight is 250 g/mol. The number of nitrogens with one attached hydrogen (secondary N) is 1. The first-order valence-electron chi connectivity index (χ1n) is 6.54. The second-order valence-electron chi connectivity index (χ2n) is 4.77. The fourth-order valence-corrected chi connectivity index (χ4v) is 2.42. The van der Waals surface area contributed by atoms with E-state index in [0.717, 1.165) is 32.7 Å². The Morgan fingerprint density at radius 3 is 3.22 bits per heavy atom. The quantitative estimate of drug-likeness (QED) is 0.781. The van der Waals surface area contributed by atoms with E-state index in [-0.39, 0.29) is 6.10 Å². The Morgan fingerprint density at radius 1 is 1.56 bits per heavy atom. The molecule has 0 radical (unpaired) electrons. The summed E-state index contributed by atoms with van der Waals surface area (Å²) in [5, 5.41) is 3.42. The zero-order chi connectivity index (χ0) is 12.8. The molecule has 1 aliphatic heterocycles. The van der Waals surface area contributed by atoms with Gasteiger partial charge in [-0.1, -0.05) is 0 Å². The first-order chi connectivity index (χ1) is 8.83. The van der Waals surface area contributed by atoms with E-state index in [1.807, 2.05) is 18.5 Å². The van der Waals surface area contributed by atoms with Gasteiger partial charge in [0.2, 0.25) is 0 Å². The van der Waals surface area contributed by atoms with Crippen LogP contribution in [0.2, 0.25) is 0 Å². The summed E-state index contributed by atoms with van der Waals surface area (Å²) < 4.78 is 10.9. The van der Waals surface area contributed by atoms with Crippen molar-refractivity contribution in [1.82, 2.24) is 10.3 Å². The van der Waals surface area contributed by atoms with E-state index in [4.69, 9.17) is 9.47 Å². The number of nitrogens with zero attached hydrogens (tertiary/aromatic N) is 1. The molecule has 0 bridgehead atoms. The molecule has 0 aliphatic carbocycles. The van der Waals surface area contributed by atoms with Gasteiger partial charge in [-0.3, -0.25) is 4.98 Å². The molecule has 18 heavy (non-hydrogen) atoms. The lowest BCUT2D eigenvalue weighted by molar-refractivity contribution is 0.0891. The first kappa shape index (κ1) is 13.5. The van der Waals surface area contributed by atoms with Gasteiger partial charge in [0.25, 0.3) is 0 Å². The molecular formula is C14H22N2O2. The van der Waals surface area contributed by atoms with E-state index in [9.17, 15) is 0 Å². The van der Waals surface area contributed by atoms with Crippen LogP contribution in [0, 0.1) is 12.8 Å². The molecule has 4 heteroatoms. The minimum atomic E-state index is 0.189. The van der Waals surface area contributed by atoms with Crippen molar-refractivity contribution in [2.45, 2.75) is 19.4 Å². The third kappa shape index (κ3) is 3.28. The summed E-state index contributed by atoms with van der Waals surface area (Å²) in [6.07, 6.45) is 5.07. The van der Waals surface area contributed by atoms with Crippen LogP contribution in [0.3, 0.4) is 0 Å². The molecule has 1 saturated heterocycles. The van der Waals surface area contributed by atoms with Crippen LogP contribution < -0.4 is 5.32 Å². The molecular weight excluding hydrogens is 228 g/mol. The largest absolute Gasteiger partial charge is 0.383 e. The molecule has 2 atom stereocenters. The number of rotatable bonds is 6. The van der Waals surface area contributed by atoms with Gasteiger partial charge < -0.3 is 14.8 Å². The molecule has 1 aliphatic rings. The van der Waals surface area contributed by atoms with Crippen molar-refractivity contribution in [2.75, 3.05) is 33.4 Å². The molecule has 2 heterocycles. The van der Waals surface area contributed by atoms with Gasteiger partial charge in [0, 0.05) is 50.7 Å². The highest BCUT2D eigenvalue weighted by Crippen LogP contribution is 2.35. The maximum Gasteiger partial charge on any atom is 0.0883 e. The van der Waals surface area contributed by atoms with Gasteiger partial charge in [-0.25, -0.2) is 0 Å². The highest BCUT2D eigenvalue weighted by molar-refractivity contribution is 5.25. The summed E-state index contributed by atoms with van der Waals surface area (Å²) in [7, 11) is 1.72. The van der Waals surface area contributed by atoms with E-state index >= 15 is 0 Å². The lowest BCUT2D eigenvalue weighted by Gasteiger charge is -2.20. The second-order valence-corrected chi connectivity index (χ2v) is 4.77. The van der Waals surface area contributed by atoms with E-state index < -0.39 is 0 Å². The highest BCUT2D eigenvalue weighted by atomic mass is 16.5. The van der Waals surface area contributed by atoms with Crippen LogP contribution in [0.1, 0.15) is 23.7 Å². The Labute approximate surface area is 109 Å². The Morgan fingerprint density at radius 2 is 2.44 bits per heavy atom. The van der Waals surface area contributed by atoms with Gasteiger partial charge in [0.05, 0.1) is 12.7 Å². The number of aromatic nitrogens is 1. The predicted octanol–water partition coefficient (Wildman–Crippen LogP) is 1.70. The normalized spacial score (nSPS) is 23.4. The third-order valence-corrected chi connectivity index (χ3v) is 3.49. The third-order valence-electron chi connectivity index (χ3n) is 3.49. The Bertz CT molecular complexity index is 371. The van der Waals surface area contributed by atoms with Crippen LogP contribution in [0.25, 0.3) is 0 Å². The molecule has 100 valence electrons. The smallest absolute Gasteiger partial charge is 0.0883 e. The van der Waals surface area contributed by atoms with Crippen molar-refractivity contribution in [3.8, 4) is 0 Å². The molecule has 0 spiro atoms. The molecule has 1 fully saturated rings. The number of methoxy groups -OCH3 is 1. The van der Waals surface area contributed by atoms with Crippen molar-refractivity contribution in [3.63, 3.8) is 0 Å². The molecule has 0 aromatic carbocycles. The van der Waals surface area contributed by atoms with Gasteiger partial charge in [-0.2, -0.15) is 0 Å². The van der Waals surface area contributed by atoms with Crippen LogP contribution in [0.4, 0.5) is 0 Å². The van der Waals surface area contributed by atoms with Crippen molar-refractivity contribution >= 4 is 0 Å². The molecule has 2 unspecified atom stereocenters. The van der Waals surface area contributed by atoms with Gasteiger partial charge in [0.1, 0.15) is 0 Å². The van der Waals surface area contributed by atoms with Crippen LogP contribution in [-0.2, 0) is 9.47 Å². The summed E-state index contributed by atoms with van der Waals surface area (Å²) in [5.74, 6) is 0.532. The summed E-state index contributed by atoms with van der Waals surface area (Å²) in [6.45, 7) is 5.59. The van der Waals surface area contributed by atoms with Crippen LogP contribution >= 0.6 is 0 Å². The summed E-state index contributed by atoms with van der Waals surface area (Å²) >= 11 is 0. The molecule has 0 saturated carbocycles. The van der Waals surface area contributed by atoms with Crippen molar-refractivity contribution in [2.24, 2.45) is 5.92 Å². The van der Waals surface area contributed by atoms with Crippen molar-refractivity contribution < 1.29 is 9.47 Å². The van der Waals surface area contributed by atoms with Crippen molar-refractivity contribution in [1.29, 1.82) is 0 Å². The predicted molar refractivity (Wildman–Crippen MR) is 70.5 cm³/mol. The minimum Gasteiger partial charge on any atom is -0.383 e. The maximum atomic E-state index is 5.88. The summed E-state index contributed by atoms with van der Waals surface area (Å²) in [6, 6.07) is 2.05. The Balaban J connectivity index is 1.93. The van der Waals surface area contributed by atoms with Gasteiger partial charge in [-0.05, 0) is 25.0 Å². The fraction of sp³-hybridized carbons (Fsp3) is 0.643. The number of hydrogen-bond acceptors (Lipinski definition) is 4. The highest BCUT2D eigenvalue weighted by Gasteiger charge is 2.30. The molecule has 1 N–H and O–H groups in total. The van der Waals surface area contributed by atoms with Crippen molar-refractivity contribution in [3.05, 3.63) is 29.6 Å². The molecule has 1 aromatic heterocycles. The van der Waals surface area contributed by atoms with Crippen LogP contribution in [0.5, 0.6) is 0 Å². The van der Waals surface area contributed by atoms with Gasteiger partial charge in [0.15, 0.2) is 0 Å². The molecule has 2 rings (SSSR count). The second kappa shape index (κ2) is 6.83. The zero-order valence-electron chi connectivity index (χ0n) is 11.2. The van der Waals surface area contributed by atoms with E-state index in [1.54, 1.807) is 7.11 Å². The standard InChI is InChI=1S/C14H22N2O2/c1-11-3-5-15-10-13(11)14-12(4-7-18-14)9-16-6-8-17-2/h3,5,10,12,14,16H,4,6-9H2,1-2H3. The number of ether oxygens (including phenoxy) is 2. The maximum absolute atomic E-state index is 5.88. The number of pyridine rings is 1. The topological polar surface area (TPSA) is 43.4 Å². The molecule has 0 amide bonds. The summed E-state index contributed by atoms with van der Waals surface area (Å²) in [5.41, 5.74) is 2.49. The summed E-state index contributed by atoms with van der Waals surface area (Å²) in [4.78, 5) is 4.21. The number of aryl methyl sites for hydroxylation is 1. The van der Waals surface area contributed by atoms with E-state index in [1.165, 1.54) is 11.1 Å². The fourth-order valence-electron chi connectivity index (χ4n) is 2.42. The Kier molecular flexibility index (Phi) is 5.11. The van der Waals surface area contributed by atoms with Crippen LogP contribution in [-0.4, -0.2) is 38.4 Å². The lowest BCUT2D eigenvalue weighted by Crippen LogP contribution is -2.27. The van der Waals surface area contributed by atoms with E-state index in [0.29, 0.717) is 5.92 Å². The van der Waals surface area contributed by atoms with Gasteiger partial charge in [-0.15, -0.1) is 0 Å². The monoisotopic (exact) mass is 250 g/mol. The lowest BCUT2D eigenvalue weighted by atomic mass is 9.94. The SMILES string of the molecule is COCCNCC1CCOC1c1cnccc1C.